The molecular formula is C34H47N4O7W-. The van der Waals surface area contributed by atoms with Gasteiger partial charge in [0.05, 0.1) is 6.04 Å². The van der Waals surface area contributed by atoms with Gasteiger partial charge in [-0.2, -0.15) is 0 Å². The van der Waals surface area contributed by atoms with Gasteiger partial charge in [0.1, 0.15) is 23.8 Å². The fourth-order valence-electron chi connectivity index (χ4n) is 5.32. The van der Waals surface area contributed by atoms with E-state index in [0.29, 0.717) is 36.8 Å². The molecule has 4 atom stereocenters. The minimum Gasteiger partial charge on any atom is -0.459 e. The van der Waals surface area contributed by atoms with Gasteiger partial charge in [-0.15, -0.1) is 26.1 Å². The summed E-state index contributed by atoms with van der Waals surface area (Å²) in [5, 5.41) is 8.13. The molecule has 1 heterocycles. The summed E-state index contributed by atoms with van der Waals surface area (Å²) >= 11 is 0. The van der Waals surface area contributed by atoms with Crippen LogP contribution in [0.3, 0.4) is 0 Å². The van der Waals surface area contributed by atoms with Gasteiger partial charge < -0.3 is 36.7 Å². The molecule has 12 heteroatoms. The Labute approximate surface area is 286 Å². The largest absolute Gasteiger partial charge is 0.459 e. The van der Waals surface area contributed by atoms with E-state index in [-0.39, 0.29) is 51.9 Å². The Kier molecular flexibility index (Phi) is 14.7. The van der Waals surface area contributed by atoms with Gasteiger partial charge in [0, 0.05) is 39.6 Å². The maximum Gasteiger partial charge on any atom is 0.408 e. The van der Waals surface area contributed by atoms with Crippen molar-refractivity contribution in [2.75, 3.05) is 13.6 Å². The molecule has 3 rings (SSSR count). The van der Waals surface area contributed by atoms with Crippen LogP contribution in [0.5, 0.6) is 0 Å². The zero-order chi connectivity index (χ0) is 33.2. The number of ether oxygens (including phenoxy) is 2. The number of allylic oxidation sites excluding steroid dienone is 1. The fraction of sp³-hybridized carbons (Fsp3) is 0.529. The van der Waals surface area contributed by atoms with Crippen molar-refractivity contribution in [3.05, 3.63) is 67.1 Å². The number of alkyl carbamates (subject to hydrolysis) is 1. The molecule has 3 N–H and O–H groups in total. The molecule has 1 saturated carbocycles. The normalized spacial score (nSPS) is 20.7. The predicted molar refractivity (Wildman–Crippen MR) is 170 cm³/mol. The molecule has 1 aliphatic heterocycles. The van der Waals surface area contributed by atoms with Gasteiger partial charge in [0.2, 0.25) is 11.8 Å². The smallest absolute Gasteiger partial charge is 0.408 e. The molecule has 1 saturated heterocycles. The van der Waals surface area contributed by atoms with Crippen molar-refractivity contribution in [1.29, 1.82) is 0 Å². The second-order valence-corrected chi connectivity index (χ2v) is 12.5. The van der Waals surface area contributed by atoms with E-state index in [0.717, 1.165) is 19.3 Å². The number of likely N-dealkylation sites (tertiary alicyclic amines) is 1. The van der Waals surface area contributed by atoms with E-state index in [2.05, 4.69) is 29.1 Å². The zero-order valence-electron chi connectivity index (χ0n) is 27.3. The number of carbonyl (C=O) groups excluding carboxylic acids is 5. The predicted octanol–water partition coefficient (Wildman–Crippen LogP) is 3.98. The molecule has 1 aromatic carbocycles. The van der Waals surface area contributed by atoms with Gasteiger partial charge in [-0.05, 0) is 64.2 Å². The van der Waals surface area contributed by atoms with Crippen molar-refractivity contribution in [1.82, 2.24) is 20.9 Å². The average molecular weight is 808 g/mol. The molecule has 46 heavy (non-hydrogen) atoms. The summed E-state index contributed by atoms with van der Waals surface area (Å²) < 4.78 is 11.0. The first-order valence-corrected chi connectivity index (χ1v) is 15.5. The number of amides is 4. The zero-order valence-corrected chi connectivity index (χ0v) is 30.2. The summed E-state index contributed by atoms with van der Waals surface area (Å²) in [6.07, 6.45) is 8.93. The van der Waals surface area contributed by atoms with Crippen molar-refractivity contribution >= 4 is 29.8 Å². The average Bonchev–Trinajstić information content (AvgIpc) is 3.49. The van der Waals surface area contributed by atoms with E-state index in [1.165, 1.54) is 4.90 Å². The molecule has 1 unspecified atom stereocenters. The van der Waals surface area contributed by atoms with Gasteiger partial charge in [-0.3, -0.25) is 14.4 Å². The number of benzene rings is 1. The first-order chi connectivity index (χ1) is 21.3. The molecular weight excluding hydrogens is 760 g/mol. The first kappa shape index (κ1) is 38.7. The quantitative estimate of drug-likeness (QED) is 0.105. The van der Waals surface area contributed by atoms with Crippen LogP contribution in [0.4, 0.5) is 4.79 Å². The van der Waals surface area contributed by atoms with Crippen molar-refractivity contribution < 1.29 is 54.5 Å². The van der Waals surface area contributed by atoms with Crippen LogP contribution in [-0.4, -0.2) is 71.5 Å². The Morgan fingerprint density at radius 2 is 1.80 bits per heavy atom. The van der Waals surface area contributed by atoms with E-state index in [4.69, 9.17) is 9.47 Å². The van der Waals surface area contributed by atoms with Gasteiger partial charge in [0.25, 0.3) is 5.91 Å². The SMILES string of the molecule is C=CCCCCC[C@H](NC(=O)OC(C)(C)C)C(=O)N1C[CH-]C[C@H]1C(=O)N[C@]1(C(=O)OCc2ccc(C(=O)NC)cc2)CC1C=C.[W]. The molecule has 0 radical (unpaired) electrons. The maximum absolute atomic E-state index is 13.8. The number of unbranched alkanes of at least 4 members (excludes halogenated alkanes) is 3. The monoisotopic (exact) mass is 807 g/mol. The van der Waals surface area contributed by atoms with E-state index < -0.39 is 41.2 Å². The van der Waals surface area contributed by atoms with E-state index in [9.17, 15) is 24.0 Å². The number of carbonyl (C=O) groups is 5. The number of esters is 1. The van der Waals surface area contributed by atoms with Crippen LogP contribution in [0.25, 0.3) is 0 Å². The molecule has 0 spiro atoms. The van der Waals surface area contributed by atoms with Crippen LogP contribution in [0.15, 0.2) is 49.6 Å². The summed E-state index contributed by atoms with van der Waals surface area (Å²) in [5.74, 6) is -2.00. The molecule has 2 fully saturated rings. The van der Waals surface area contributed by atoms with Crippen LogP contribution in [0, 0.1) is 12.3 Å². The van der Waals surface area contributed by atoms with Gasteiger partial charge in [0.15, 0.2) is 0 Å². The molecule has 4 amide bonds. The van der Waals surface area contributed by atoms with Gasteiger partial charge >= 0.3 is 12.1 Å². The third-order valence-electron chi connectivity index (χ3n) is 7.89. The Morgan fingerprint density at radius 3 is 2.39 bits per heavy atom. The number of hydrogen-bond acceptors (Lipinski definition) is 7. The fourth-order valence-corrected chi connectivity index (χ4v) is 5.32. The minimum absolute atomic E-state index is 0. The number of nitrogens with zero attached hydrogens (tertiary/aromatic N) is 1. The summed E-state index contributed by atoms with van der Waals surface area (Å²) in [7, 11) is 1.54. The van der Waals surface area contributed by atoms with Gasteiger partial charge in [-0.25, -0.2) is 9.59 Å². The van der Waals surface area contributed by atoms with Crippen LogP contribution in [0.1, 0.15) is 81.6 Å². The Morgan fingerprint density at radius 1 is 1.11 bits per heavy atom. The second-order valence-electron chi connectivity index (χ2n) is 12.5. The number of nitrogens with one attached hydrogen (secondary N) is 3. The van der Waals surface area contributed by atoms with Crippen LogP contribution >= 0.6 is 0 Å². The van der Waals surface area contributed by atoms with Crippen LogP contribution < -0.4 is 16.0 Å². The first-order valence-electron chi connectivity index (χ1n) is 15.5. The molecule has 0 aromatic heterocycles. The third-order valence-corrected chi connectivity index (χ3v) is 7.89. The summed E-state index contributed by atoms with van der Waals surface area (Å²) in [6.45, 7) is 13.0. The van der Waals surface area contributed by atoms with Crippen molar-refractivity contribution in [2.45, 2.75) is 95.5 Å². The second kappa shape index (κ2) is 17.5. The molecule has 1 aromatic rings. The Hall–Kier alpha value is -3.46. The maximum atomic E-state index is 13.8. The van der Waals surface area contributed by atoms with Crippen molar-refractivity contribution in [2.24, 2.45) is 5.92 Å². The minimum atomic E-state index is -1.28. The van der Waals surface area contributed by atoms with Crippen molar-refractivity contribution in [3.8, 4) is 0 Å². The Balaban J connectivity index is 0.00000736. The summed E-state index contributed by atoms with van der Waals surface area (Å²) in [6, 6.07) is 4.94. The topological polar surface area (TPSA) is 143 Å². The van der Waals surface area contributed by atoms with Gasteiger partial charge in [-0.1, -0.05) is 37.1 Å². The Bertz CT molecular complexity index is 1260. The summed E-state index contributed by atoms with van der Waals surface area (Å²) in [4.78, 5) is 66.5. The molecule has 2 aliphatic rings. The van der Waals surface area contributed by atoms with E-state index >= 15 is 0 Å². The van der Waals surface area contributed by atoms with E-state index in [1.54, 1.807) is 58.2 Å². The van der Waals surface area contributed by atoms with Crippen LogP contribution in [0.2, 0.25) is 0 Å². The molecule has 0 bridgehead atoms. The molecule has 11 nitrogen and oxygen atoms in total. The molecule has 252 valence electrons. The van der Waals surface area contributed by atoms with E-state index in [1.807, 2.05) is 12.5 Å². The summed E-state index contributed by atoms with van der Waals surface area (Å²) in [5.41, 5.74) is -0.857. The number of hydrogen-bond donors (Lipinski definition) is 3. The van der Waals surface area contributed by atoms with Crippen LogP contribution in [-0.2, 0) is 51.5 Å². The third kappa shape index (κ3) is 10.5. The van der Waals surface area contributed by atoms with Crippen molar-refractivity contribution in [3.63, 3.8) is 0 Å². The number of rotatable bonds is 15. The standard InChI is InChI=1S/C34H47N4O7.W/c1-7-9-10-11-12-14-26(36-32(43)45-33(3,4)5)30(41)38-20-13-15-27(38)29(40)37-34(21-25(34)8-2)31(42)44-22-23-16-18-24(19-17-23)28(39)35-6;/h7-8,13,16-19,25-27H,1-2,9-12,14-15,20-22H2,3-6H3,(H,35,39)(H,36,43)(H,37,40);/q-1;/t25?,26-,27-,34+;/m0./s1. The molecule has 1 aliphatic carbocycles.